The minimum atomic E-state index is -3.24. The van der Waals surface area contributed by atoms with Gasteiger partial charge in [0, 0.05) is 25.0 Å². The van der Waals surface area contributed by atoms with Crippen molar-refractivity contribution >= 4 is 15.9 Å². The first-order chi connectivity index (χ1) is 12.3. The van der Waals surface area contributed by atoms with Crippen LogP contribution in [0.2, 0.25) is 0 Å². The van der Waals surface area contributed by atoms with Gasteiger partial charge in [-0.3, -0.25) is 4.79 Å². The lowest BCUT2D eigenvalue weighted by atomic mass is 9.96. The van der Waals surface area contributed by atoms with Crippen LogP contribution in [-0.2, 0) is 21.2 Å². The van der Waals surface area contributed by atoms with Crippen molar-refractivity contribution in [3.8, 4) is 0 Å². The molecule has 0 saturated carbocycles. The maximum atomic E-state index is 12.5. The average Bonchev–Trinajstić information content (AvgIpc) is 2.62. The molecule has 1 amide bonds. The molecule has 0 radical (unpaired) electrons. The van der Waals surface area contributed by atoms with Crippen molar-refractivity contribution in [1.82, 2.24) is 9.62 Å². The van der Waals surface area contributed by atoms with E-state index in [1.807, 2.05) is 37.3 Å². The summed E-state index contributed by atoms with van der Waals surface area (Å²) in [5.74, 6) is 0.548. The van der Waals surface area contributed by atoms with Gasteiger partial charge < -0.3 is 5.32 Å². The van der Waals surface area contributed by atoms with Gasteiger partial charge in [0.2, 0.25) is 15.9 Å². The zero-order valence-corrected chi connectivity index (χ0v) is 17.0. The molecule has 6 heteroatoms. The van der Waals surface area contributed by atoms with Crippen LogP contribution in [0.25, 0.3) is 0 Å². The molecule has 146 valence electrons. The van der Waals surface area contributed by atoms with Crippen LogP contribution < -0.4 is 5.32 Å². The van der Waals surface area contributed by atoms with Gasteiger partial charge in [-0.15, -0.1) is 0 Å². The monoisotopic (exact) mass is 380 g/mol. The standard InChI is InChI=1S/C20H32N2O3S/c1-16(2)17(3)21-20(23)19-11-13-22(14-12-19)26(24,25)15-7-10-18-8-5-4-6-9-18/h4-6,8-9,16-17,19H,7,10-15H2,1-3H3,(H,21,23)/t17-/m1/s1. The molecule has 0 unspecified atom stereocenters. The van der Waals surface area contributed by atoms with Crippen LogP contribution in [0.15, 0.2) is 30.3 Å². The molecular weight excluding hydrogens is 348 g/mol. The summed E-state index contributed by atoms with van der Waals surface area (Å²) in [4.78, 5) is 12.3. The molecule has 1 fully saturated rings. The third kappa shape index (κ3) is 6.09. The largest absolute Gasteiger partial charge is 0.353 e. The molecule has 1 aromatic carbocycles. The van der Waals surface area contributed by atoms with Crippen LogP contribution in [0.3, 0.4) is 0 Å². The van der Waals surface area contributed by atoms with Crippen LogP contribution in [-0.4, -0.2) is 43.5 Å². The van der Waals surface area contributed by atoms with Crippen molar-refractivity contribution in [2.24, 2.45) is 11.8 Å². The van der Waals surface area contributed by atoms with Crippen molar-refractivity contribution in [3.05, 3.63) is 35.9 Å². The predicted molar refractivity (Wildman–Crippen MR) is 105 cm³/mol. The van der Waals surface area contributed by atoms with E-state index in [0.717, 1.165) is 12.0 Å². The maximum absolute atomic E-state index is 12.5. The summed E-state index contributed by atoms with van der Waals surface area (Å²) in [6.45, 7) is 7.06. The Bertz CT molecular complexity index is 666. The van der Waals surface area contributed by atoms with Gasteiger partial charge in [0.1, 0.15) is 0 Å². The SMILES string of the molecule is CC(C)[C@@H](C)NC(=O)C1CCN(S(=O)(=O)CCCc2ccccc2)CC1. The number of amides is 1. The summed E-state index contributed by atoms with van der Waals surface area (Å²) >= 11 is 0. The zero-order chi connectivity index (χ0) is 19.2. The van der Waals surface area contributed by atoms with E-state index in [9.17, 15) is 13.2 Å². The quantitative estimate of drug-likeness (QED) is 0.754. The summed E-state index contributed by atoms with van der Waals surface area (Å²) in [5, 5.41) is 3.05. The van der Waals surface area contributed by atoms with Gasteiger partial charge in [0.05, 0.1) is 5.75 Å². The summed E-state index contributed by atoms with van der Waals surface area (Å²) in [5.41, 5.74) is 1.16. The Morgan fingerprint density at radius 2 is 1.77 bits per heavy atom. The number of carbonyl (C=O) groups excluding carboxylic acids is 1. The summed E-state index contributed by atoms with van der Waals surface area (Å²) in [7, 11) is -3.24. The molecule has 1 aliphatic rings. The molecule has 1 N–H and O–H groups in total. The van der Waals surface area contributed by atoms with Crippen molar-refractivity contribution < 1.29 is 13.2 Å². The number of aryl methyl sites for hydroxylation is 1. The Balaban J connectivity index is 1.77. The van der Waals surface area contributed by atoms with E-state index in [2.05, 4.69) is 19.2 Å². The third-order valence-corrected chi connectivity index (χ3v) is 7.26. The number of nitrogens with zero attached hydrogens (tertiary/aromatic N) is 1. The molecule has 1 aromatic rings. The van der Waals surface area contributed by atoms with E-state index in [4.69, 9.17) is 0 Å². The molecule has 1 atom stereocenters. The Morgan fingerprint density at radius 3 is 2.35 bits per heavy atom. The second-order valence-electron chi connectivity index (χ2n) is 7.62. The number of piperidine rings is 1. The highest BCUT2D eigenvalue weighted by atomic mass is 32.2. The normalized spacial score (nSPS) is 18.0. The fourth-order valence-electron chi connectivity index (χ4n) is 3.14. The first-order valence-electron chi connectivity index (χ1n) is 9.61. The minimum absolute atomic E-state index is 0.0623. The highest BCUT2D eigenvalue weighted by molar-refractivity contribution is 7.89. The molecule has 26 heavy (non-hydrogen) atoms. The molecule has 0 spiro atoms. The second-order valence-corrected chi connectivity index (χ2v) is 9.71. The minimum Gasteiger partial charge on any atom is -0.353 e. The number of rotatable bonds is 8. The average molecular weight is 381 g/mol. The number of carbonyl (C=O) groups is 1. The van der Waals surface area contributed by atoms with E-state index in [1.54, 1.807) is 4.31 Å². The number of hydrogen-bond acceptors (Lipinski definition) is 3. The maximum Gasteiger partial charge on any atom is 0.223 e. The van der Waals surface area contributed by atoms with E-state index in [1.165, 1.54) is 0 Å². The van der Waals surface area contributed by atoms with Crippen molar-refractivity contribution in [2.75, 3.05) is 18.8 Å². The highest BCUT2D eigenvalue weighted by Crippen LogP contribution is 2.21. The lowest BCUT2D eigenvalue weighted by Crippen LogP contribution is -2.46. The highest BCUT2D eigenvalue weighted by Gasteiger charge is 2.31. The van der Waals surface area contributed by atoms with E-state index in [-0.39, 0.29) is 23.6 Å². The topological polar surface area (TPSA) is 66.5 Å². The third-order valence-electron chi connectivity index (χ3n) is 5.30. The second kappa shape index (κ2) is 9.51. The van der Waals surface area contributed by atoms with Crippen LogP contribution in [0, 0.1) is 11.8 Å². The fourth-order valence-corrected chi connectivity index (χ4v) is 4.67. The van der Waals surface area contributed by atoms with Crippen molar-refractivity contribution in [2.45, 2.75) is 52.5 Å². The Morgan fingerprint density at radius 1 is 1.15 bits per heavy atom. The van der Waals surface area contributed by atoms with Crippen molar-refractivity contribution in [1.29, 1.82) is 0 Å². The lowest BCUT2D eigenvalue weighted by Gasteiger charge is -2.31. The van der Waals surface area contributed by atoms with Crippen LogP contribution in [0.4, 0.5) is 0 Å². The van der Waals surface area contributed by atoms with Gasteiger partial charge in [-0.25, -0.2) is 12.7 Å². The van der Waals surface area contributed by atoms with Crippen LogP contribution in [0.1, 0.15) is 45.6 Å². The Hall–Kier alpha value is -1.40. The van der Waals surface area contributed by atoms with E-state index >= 15 is 0 Å². The van der Waals surface area contributed by atoms with Crippen molar-refractivity contribution in [3.63, 3.8) is 0 Å². The number of benzene rings is 1. The molecule has 0 bridgehead atoms. The Labute approximate surface area is 158 Å². The van der Waals surface area contributed by atoms with Gasteiger partial charge in [0.25, 0.3) is 0 Å². The van der Waals surface area contributed by atoms with Gasteiger partial charge in [-0.05, 0) is 44.1 Å². The first-order valence-corrected chi connectivity index (χ1v) is 11.2. The van der Waals surface area contributed by atoms with E-state index < -0.39 is 10.0 Å². The molecular formula is C20H32N2O3S. The molecule has 1 saturated heterocycles. The lowest BCUT2D eigenvalue weighted by molar-refractivity contribution is -0.127. The van der Waals surface area contributed by atoms with Crippen LogP contribution >= 0.6 is 0 Å². The molecule has 0 aromatic heterocycles. The predicted octanol–water partition coefficient (Wildman–Crippen LogP) is 2.82. The molecule has 0 aliphatic carbocycles. The smallest absolute Gasteiger partial charge is 0.223 e. The summed E-state index contributed by atoms with van der Waals surface area (Å²) < 4.78 is 26.7. The van der Waals surface area contributed by atoms with Gasteiger partial charge >= 0.3 is 0 Å². The molecule has 5 nitrogen and oxygen atoms in total. The molecule has 1 heterocycles. The van der Waals surface area contributed by atoms with Gasteiger partial charge in [0.15, 0.2) is 0 Å². The van der Waals surface area contributed by atoms with E-state index in [0.29, 0.717) is 38.3 Å². The number of sulfonamides is 1. The van der Waals surface area contributed by atoms with Gasteiger partial charge in [-0.2, -0.15) is 0 Å². The number of hydrogen-bond donors (Lipinski definition) is 1. The summed E-state index contributed by atoms with van der Waals surface area (Å²) in [6.07, 6.45) is 2.60. The zero-order valence-electron chi connectivity index (χ0n) is 16.1. The first kappa shape index (κ1) is 20.9. The Kier molecular flexibility index (Phi) is 7.65. The molecule has 2 rings (SSSR count). The van der Waals surface area contributed by atoms with Crippen LogP contribution in [0.5, 0.6) is 0 Å². The number of nitrogens with one attached hydrogen (secondary N) is 1. The fraction of sp³-hybridized carbons (Fsp3) is 0.650. The molecule has 1 aliphatic heterocycles. The summed E-state index contributed by atoms with van der Waals surface area (Å²) in [6, 6.07) is 10.1. The van der Waals surface area contributed by atoms with Gasteiger partial charge in [-0.1, -0.05) is 44.2 Å².